The first-order valence-electron chi connectivity index (χ1n) is 10.5. The molecule has 0 saturated carbocycles. The molecule has 1 atom stereocenters. The summed E-state index contributed by atoms with van der Waals surface area (Å²) in [7, 11) is 1.57. The number of hydrogen-bond donors (Lipinski definition) is 0. The quantitative estimate of drug-likeness (QED) is 0.641. The summed E-state index contributed by atoms with van der Waals surface area (Å²) in [5.41, 5.74) is 1.03. The third-order valence-corrected chi connectivity index (χ3v) is 5.53. The van der Waals surface area contributed by atoms with E-state index in [1.807, 2.05) is 0 Å². The molecule has 0 aliphatic carbocycles. The molecule has 32 heavy (non-hydrogen) atoms. The van der Waals surface area contributed by atoms with E-state index >= 15 is 0 Å². The molecule has 0 bridgehead atoms. The molecule has 0 radical (unpaired) electrons. The summed E-state index contributed by atoms with van der Waals surface area (Å²) in [6.45, 7) is 2.45. The zero-order chi connectivity index (χ0) is 23.3. The average Bonchev–Trinajstić information content (AvgIpc) is 2.78. The monoisotopic (exact) mass is 444 g/mol. The molecular weight excluding hydrogens is 418 g/mol. The van der Waals surface area contributed by atoms with Crippen molar-refractivity contribution in [2.45, 2.75) is 32.4 Å². The first-order valence-corrected chi connectivity index (χ1v) is 10.5. The summed E-state index contributed by atoms with van der Waals surface area (Å²) >= 11 is 0. The van der Waals surface area contributed by atoms with Crippen LogP contribution in [0.1, 0.15) is 35.7 Å². The lowest BCUT2D eigenvalue weighted by atomic mass is 9.96. The minimum absolute atomic E-state index is 0.197. The van der Waals surface area contributed by atoms with Gasteiger partial charge >= 0.3 is 5.97 Å². The number of ether oxygens (including phenoxy) is 1. The molecule has 3 rings (SSSR count). The number of piperidine rings is 1. The molecule has 1 unspecified atom stereocenters. The van der Waals surface area contributed by atoms with Gasteiger partial charge in [-0.1, -0.05) is 12.1 Å². The SMILES string of the molecule is CC(OC(=O)C1CCN(C(=O)c2ccc(F)cc2)CC1)C(=O)N(C)Cc1cccc(F)c1. The molecule has 2 aromatic carbocycles. The van der Waals surface area contributed by atoms with Gasteiger partial charge in [0, 0.05) is 32.2 Å². The maximum atomic E-state index is 13.3. The molecule has 0 aromatic heterocycles. The number of halogens is 2. The Morgan fingerprint density at radius 2 is 1.72 bits per heavy atom. The van der Waals surface area contributed by atoms with E-state index in [-0.39, 0.29) is 24.2 Å². The number of amides is 2. The Morgan fingerprint density at radius 1 is 1.06 bits per heavy atom. The Bertz CT molecular complexity index is 972. The molecule has 1 heterocycles. The second-order valence-electron chi connectivity index (χ2n) is 7.98. The van der Waals surface area contributed by atoms with Crippen molar-refractivity contribution in [2.75, 3.05) is 20.1 Å². The van der Waals surface area contributed by atoms with Gasteiger partial charge in [-0.05, 0) is 61.7 Å². The number of likely N-dealkylation sites (N-methyl/N-ethyl adjacent to an activating group) is 1. The minimum atomic E-state index is -0.972. The van der Waals surface area contributed by atoms with Crippen molar-refractivity contribution in [1.82, 2.24) is 9.80 Å². The van der Waals surface area contributed by atoms with Gasteiger partial charge in [0.2, 0.25) is 0 Å². The van der Waals surface area contributed by atoms with Crippen LogP contribution in [0.2, 0.25) is 0 Å². The summed E-state index contributed by atoms with van der Waals surface area (Å²) in [4.78, 5) is 40.6. The fourth-order valence-corrected chi connectivity index (χ4v) is 3.71. The average molecular weight is 444 g/mol. The van der Waals surface area contributed by atoms with Gasteiger partial charge in [0.25, 0.3) is 11.8 Å². The van der Waals surface area contributed by atoms with Gasteiger partial charge in [-0.2, -0.15) is 0 Å². The van der Waals surface area contributed by atoms with Gasteiger partial charge in [-0.3, -0.25) is 14.4 Å². The summed E-state index contributed by atoms with van der Waals surface area (Å²) < 4.78 is 31.8. The number of carbonyl (C=O) groups excluding carboxylic acids is 3. The van der Waals surface area contributed by atoms with Crippen molar-refractivity contribution in [3.63, 3.8) is 0 Å². The van der Waals surface area contributed by atoms with E-state index in [4.69, 9.17) is 4.74 Å². The van der Waals surface area contributed by atoms with Crippen molar-refractivity contribution in [3.8, 4) is 0 Å². The van der Waals surface area contributed by atoms with Crippen LogP contribution in [0.15, 0.2) is 48.5 Å². The number of carbonyl (C=O) groups is 3. The van der Waals surface area contributed by atoms with E-state index < -0.39 is 23.8 Å². The fourth-order valence-electron chi connectivity index (χ4n) is 3.71. The van der Waals surface area contributed by atoms with E-state index in [1.165, 1.54) is 48.2 Å². The van der Waals surface area contributed by atoms with Gasteiger partial charge in [-0.15, -0.1) is 0 Å². The second kappa shape index (κ2) is 10.3. The summed E-state index contributed by atoms with van der Waals surface area (Å²) in [5, 5.41) is 0. The van der Waals surface area contributed by atoms with Gasteiger partial charge in [0.05, 0.1) is 5.92 Å². The highest BCUT2D eigenvalue weighted by Crippen LogP contribution is 2.21. The number of benzene rings is 2. The van der Waals surface area contributed by atoms with Crippen molar-refractivity contribution >= 4 is 17.8 Å². The van der Waals surface area contributed by atoms with Crippen LogP contribution in [0, 0.1) is 17.6 Å². The van der Waals surface area contributed by atoms with Crippen LogP contribution in [0.25, 0.3) is 0 Å². The highest BCUT2D eigenvalue weighted by atomic mass is 19.1. The number of likely N-dealkylation sites (tertiary alicyclic amines) is 1. The molecule has 1 aliphatic rings. The Morgan fingerprint density at radius 3 is 2.34 bits per heavy atom. The normalized spacial score (nSPS) is 15.2. The van der Waals surface area contributed by atoms with E-state index in [0.717, 1.165) is 0 Å². The maximum absolute atomic E-state index is 13.3. The highest BCUT2D eigenvalue weighted by Gasteiger charge is 2.31. The van der Waals surface area contributed by atoms with E-state index in [2.05, 4.69) is 0 Å². The third-order valence-electron chi connectivity index (χ3n) is 5.53. The third kappa shape index (κ3) is 5.90. The summed E-state index contributed by atoms with van der Waals surface area (Å²) in [6, 6.07) is 11.3. The molecule has 6 nitrogen and oxygen atoms in total. The van der Waals surface area contributed by atoms with E-state index in [1.54, 1.807) is 24.1 Å². The first kappa shape index (κ1) is 23.4. The molecule has 170 valence electrons. The van der Waals surface area contributed by atoms with Crippen molar-refractivity contribution in [1.29, 1.82) is 0 Å². The largest absolute Gasteiger partial charge is 0.452 e. The fraction of sp³-hybridized carbons (Fsp3) is 0.375. The predicted octanol–water partition coefficient (Wildman–Crippen LogP) is 3.41. The Labute approximate surface area is 185 Å². The smallest absolute Gasteiger partial charge is 0.309 e. The van der Waals surface area contributed by atoms with Gasteiger partial charge in [0.15, 0.2) is 6.10 Å². The number of rotatable bonds is 6. The van der Waals surface area contributed by atoms with E-state index in [9.17, 15) is 23.2 Å². The van der Waals surface area contributed by atoms with Crippen LogP contribution in [0.5, 0.6) is 0 Å². The van der Waals surface area contributed by atoms with Crippen LogP contribution in [-0.4, -0.2) is 53.8 Å². The molecule has 8 heteroatoms. The zero-order valence-electron chi connectivity index (χ0n) is 18.1. The van der Waals surface area contributed by atoms with Gasteiger partial charge < -0.3 is 14.5 Å². The Hall–Kier alpha value is -3.29. The molecule has 0 N–H and O–H groups in total. The highest BCUT2D eigenvalue weighted by molar-refractivity contribution is 5.94. The standard InChI is InChI=1S/C24H26F2N2O4/c1-16(22(29)27(2)15-17-4-3-5-21(26)14-17)32-24(31)19-10-12-28(13-11-19)23(30)18-6-8-20(25)9-7-18/h3-9,14,16,19H,10-13,15H2,1-2H3. The van der Waals surface area contributed by atoms with Crippen LogP contribution in [0.3, 0.4) is 0 Å². The Kier molecular flexibility index (Phi) is 7.56. The lowest BCUT2D eigenvalue weighted by Gasteiger charge is -2.31. The predicted molar refractivity (Wildman–Crippen MR) is 113 cm³/mol. The lowest BCUT2D eigenvalue weighted by Crippen LogP contribution is -2.42. The molecule has 1 saturated heterocycles. The molecule has 2 aromatic rings. The van der Waals surface area contributed by atoms with Crippen molar-refractivity contribution in [3.05, 3.63) is 71.3 Å². The molecule has 1 aliphatic heterocycles. The summed E-state index contributed by atoms with van der Waals surface area (Å²) in [6.07, 6.45) is -0.127. The number of esters is 1. The molecule has 1 fully saturated rings. The van der Waals surface area contributed by atoms with Gasteiger partial charge in [-0.25, -0.2) is 8.78 Å². The number of hydrogen-bond acceptors (Lipinski definition) is 4. The van der Waals surface area contributed by atoms with Crippen LogP contribution >= 0.6 is 0 Å². The lowest BCUT2D eigenvalue weighted by molar-refractivity contribution is -0.163. The van der Waals surface area contributed by atoms with Crippen LogP contribution in [-0.2, 0) is 20.9 Å². The Balaban J connectivity index is 1.47. The first-order chi connectivity index (χ1) is 15.2. The zero-order valence-corrected chi connectivity index (χ0v) is 18.1. The topological polar surface area (TPSA) is 66.9 Å². The maximum Gasteiger partial charge on any atom is 0.309 e. The second-order valence-corrected chi connectivity index (χ2v) is 7.98. The molecule has 2 amide bonds. The van der Waals surface area contributed by atoms with Crippen molar-refractivity contribution < 1.29 is 27.9 Å². The van der Waals surface area contributed by atoms with Crippen molar-refractivity contribution in [2.24, 2.45) is 5.92 Å². The number of nitrogens with zero attached hydrogens (tertiary/aromatic N) is 2. The minimum Gasteiger partial charge on any atom is -0.452 e. The molecular formula is C24H26F2N2O4. The van der Waals surface area contributed by atoms with Crippen LogP contribution in [0.4, 0.5) is 8.78 Å². The van der Waals surface area contributed by atoms with Gasteiger partial charge in [0.1, 0.15) is 11.6 Å². The van der Waals surface area contributed by atoms with E-state index in [0.29, 0.717) is 37.1 Å². The summed E-state index contributed by atoms with van der Waals surface area (Å²) in [5.74, 6) is -2.26. The molecule has 0 spiro atoms. The van der Waals surface area contributed by atoms with Crippen LogP contribution < -0.4 is 0 Å².